The summed E-state index contributed by atoms with van der Waals surface area (Å²) < 4.78 is 0. The van der Waals surface area contributed by atoms with Crippen LogP contribution in [0.4, 0.5) is 0 Å². The SMILES string of the molecule is O=C(CC(O)c1ccccc1)N1CCC2(CCCC2)CC1. The lowest BCUT2D eigenvalue weighted by atomic mass is 9.77. The highest BCUT2D eigenvalue weighted by Gasteiger charge is 2.38. The number of amides is 1. The van der Waals surface area contributed by atoms with Gasteiger partial charge in [0.25, 0.3) is 0 Å². The summed E-state index contributed by atoms with van der Waals surface area (Å²) in [5.41, 5.74) is 1.37. The highest BCUT2D eigenvalue weighted by atomic mass is 16.3. The van der Waals surface area contributed by atoms with E-state index >= 15 is 0 Å². The fourth-order valence-electron chi connectivity index (χ4n) is 3.94. The minimum atomic E-state index is -0.680. The third-order valence-corrected chi connectivity index (χ3v) is 5.39. The molecule has 1 aliphatic carbocycles. The molecule has 1 spiro atoms. The number of benzene rings is 1. The van der Waals surface area contributed by atoms with Crippen LogP contribution in [0.1, 0.15) is 56.6 Å². The van der Waals surface area contributed by atoms with E-state index in [-0.39, 0.29) is 12.3 Å². The Kier molecular flexibility index (Phi) is 4.29. The van der Waals surface area contributed by atoms with Crippen LogP contribution in [0.5, 0.6) is 0 Å². The predicted octanol–water partition coefficient (Wildman–Crippen LogP) is 3.29. The number of hydrogen-bond acceptors (Lipinski definition) is 2. The molecule has 0 radical (unpaired) electrons. The summed E-state index contributed by atoms with van der Waals surface area (Å²) in [5, 5.41) is 10.2. The molecule has 2 fully saturated rings. The van der Waals surface area contributed by atoms with Crippen molar-refractivity contribution in [3.63, 3.8) is 0 Å². The summed E-state index contributed by atoms with van der Waals surface area (Å²) in [6.07, 6.45) is 7.25. The maximum Gasteiger partial charge on any atom is 0.225 e. The molecule has 0 bridgehead atoms. The van der Waals surface area contributed by atoms with Crippen molar-refractivity contribution in [2.75, 3.05) is 13.1 Å². The third kappa shape index (κ3) is 3.29. The summed E-state index contributed by atoms with van der Waals surface area (Å²) in [5.74, 6) is 0.0965. The van der Waals surface area contributed by atoms with Gasteiger partial charge in [-0.3, -0.25) is 4.79 Å². The Hall–Kier alpha value is -1.35. The first kappa shape index (κ1) is 14.6. The normalized spacial score (nSPS) is 22.4. The molecule has 114 valence electrons. The van der Waals surface area contributed by atoms with Gasteiger partial charge in [-0.1, -0.05) is 43.2 Å². The fraction of sp³-hybridized carbons (Fsp3) is 0.611. The maximum absolute atomic E-state index is 12.4. The van der Waals surface area contributed by atoms with Crippen LogP contribution in [-0.2, 0) is 4.79 Å². The number of carbonyl (C=O) groups excluding carboxylic acids is 1. The number of hydrogen-bond donors (Lipinski definition) is 1. The molecule has 1 unspecified atom stereocenters. The lowest BCUT2D eigenvalue weighted by Crippen LogP contribution is -2.42. The van der Waals surface area contributed by atoms with Crippen molar-refractivity contribution >= 4 is 5.91 Å². The molecule has 3 nitrogen and oxygen atoms in total. The van der Waals surface area contributed by atoms with Crippen molar-refractivity contribution in [3.05, 3.63) is 35.9 Å². The Morgan fingerprint density at radius 1 is 1.10 bits per heavy atom. The first-order chi connectivity index (χ1) is 10.2. The smallest absolute Gasteiger partial charge is 0.225 e. The van der Waals surface area contributed by atoms with Crippen LogP contribution < -0.4 is 0 Å². The van der Waals surface area contributed by atoms with E-state index in [0.29, 0.717) is 5.41 Å². The van der Waals surface area contributed by atoms with Gasteiger partial charge in [0, 0.05) is 13.1 Å². The van der Waals surface area contributed by atoms with Crippen molar-refractivity contribution in [2.24, 2.45) is 5.41 Å². The summed E-state index contributed by atoms with van der Waals surface area (Å²) in [7, 11) is 0. The van der Waals surface area contributed by atoms with Crippen LogP contribution in [0.25, 0.3) is 0 Å². The van der Waals surface area contributed by atoms with E-state index in [2.05, 4.69) is 0 Å². The standard InChI is InChI=1S/C18H25NO2/c20-16(15-6-2-1-3-7-15)14-17(21)19-12-10-18(11-13-19)8-4-5-9-18/h1-3,6-7,16,20H,4-5,8-14H2. The lowest BCUT2D eigenvalue weighted by Gasteiger charge is -2.39. The second-order valence-corrected chi connectivity index (χ2v) is 6.72. The topological polar surface area (TPSA) is 40.5 Å². The number of likely N-dealkylation sites (tertiary alicyclic amines) is 1. The Morgan fingerprint density at radius 3 is 2.33 bits per heavy atom. The first-order valence-corrected chi connectivity index (χ1v) is 8.19. The van der Waals surface area contributed by atoms with E-state index in [0.717, 1.165) is 31.5 Å². The van der Waals surface area contributed by atoms with Crippen LogP contribution in [0, 0.1) is 5.41 Å². The maximum atomic E-state index is 12.4. The minimum Gasteiger partial charge on any atom is -0.388 e. The van der Waals surface area contributed by atoms with Crippen LogP contribution >= 0.6 is 0 Å². The first-order valence-electron chi connectivity index (χ1n) is 8.19. The lowest BCUT2D eigenvalue weighted by molar-refractivity contribution is -0.135. The van der Waals surface area contributed by atoms with E-state index < -0.39 is 6.10 Å². The molecular weight excluding hydrogens is 262 g/mol. The molecular formula is C18H25NO2. The van der Waals surface area contributed by atoms with Gasteiger partial charge in [0.15, 0.2) is 0 Å². The van der Waals surface area contributed by atoms with Gasteiger partial charge in [0.1, 0.15) is 0 Å². The molecule has 1 saturated carbocycles. The highest BCUT2D eigenvalue weighted by molar-refractivity contribution is 5.77. The van der Waals surface area contributed by atoms with E-state index in [1.165, 1.54) is 25.7 Å². The Morgan fingerprint density at radius 2 is 1.71 bits per heavy atom. The van der Waals surface area contributed by atoms with Crippen molar-refractivity contribution < 1.29 is 9.90 Å². The molecule has 1 aromatic carbocycles. The molecule has 1 amide bonds. The Labute approximate surface area is 127 Å². The Balaban J connectivity index is 1.52. The molecule has 1 aliphatic heterocycles. The van der Waals surface area contributed by atoms with Crippen LogP contribution in [0.15, 0.2) is 30.3 Å². The molecule has 2 aliphatic rings. The van der Waals surface area contributed by atoms with Crippen molar-refractivity contribution in [1.29, 1.82) is 0 Å². The average molecular weight is 287 g/mol. The van der Waals surface area contributed by atoms with Gasteiger partial charge in [-0.25, -0.2) is 0 Å². The second-order valence-electron chi connectivity index (χ2n) is 6.72. The summed E-state index contributed by atoms with van der Waals surface area (Å²) in [6, 6.07) is 9.47. The zero-order chi connectivity index (χ0) is 14.7. The van der Waals surface area contributed by atoms with Gasteiger partial charge < -0.3 is 10.0 Å². The largest absolute Gasteiger partial charge is 0.388 e. The van der Waals surface area contributed by atoms with Crippen LogP contribution in [-0.4, -0.2) is 29.0 Å². The summed E-state index contributed by atoms with van der Waals surface area (Å²) in [4.78, 5) is 14.3. The molecule has 1 aromatic rings. The molecule has 0 aromatic heterocycles. The Bertz CT molecular complexity index is 469. The molecule has 3 rings (SSSR count). The predicted molar refractivity (Wildman–Crippen MR) is 82.7 cm³/mol. The van der Waals surface area contributed by atoms with E-state index in [1.54, 1.807) is 0 Å². The average Bonchev–Trinajstić information content (AvgIpc) is 2.97. The number of aliphatic hydroxyl groups excluding tert-OH is 1. The monoisotopic (exact) mass is 287 g/mol. The number of nitrogens with zero attached hydrogens (tertiary/aromatic N) is 1. The highest BCUT2D eigenvalue weighted by Crippen LogP contribution is 2.46. The number of carbonyl (C=O) groups is 1. The van der Waals surface area contributed by atoms with Crippen molar-refractivity contribution in [2.45, 2.75) is 51.0 Å². The second kappa shape index (κ2) is 6.18. The zero-order valence-electron chi connectivity index (χ0n) is 12.6. The van der Waals surface area contributed by atoms with Crippen LogP contribution in [0.3, 0.4) is 0 Å². The van der Waals surface area contributed by atoms with Gasteiger partial charge in [0.05, 0.1) is 12.5 Å². The van der Waals surface area contributed by atoms with Crippen LogP contribution in [0.2, 0.25) is 0 Å². The number of aliphatic hydroxyl groups is 1. The van der Waals surface area contributed by atoms with Gasteiger partial charge in [0.2, 0.25) is 5.91 Å². The van der Waals surface area contributed by atoms with Crippen molar-refractivity contribution in [3.8, 4) is 0 Å². The number of piperidine rings is 1. The zero-order valence-corrected chi connectivity index (χ0v) is 12.6. The number of rotatable bonds is 3. The summed E-state index contributed by atoms with van der Waals surface area (Å²) in [6.45, 7) is 1.75. The van der Waals surface area contributed by atoms with Crippen molar-refractivity contribution in [1.82, 2.24) is 4.90 Å². The third-order valence-electron chi connectivity index (χ3n) is 5.39. The molecule has 1 N–H and O–H groups in total. The molecule has 3 heteroatoms. The van der Waals surface area contributed by atoms with Gasteiger partial charge in [-0.15, -0.1) is 0 Å². The summed E-state index contributed by atoms with van der Waals surface area (Å²) >= 11 is 0. The quantitative estimate of drug-likeness (QED) is 0.926. The molecule has 1 saturated heterocycles. The minimum absolute atomic E-state index is 0.0965. The molecule has 21 heavy (non-hydrogen) atoms. The molecule has 1 heterocycles. The van der Waals surface area contributed by atoms with E-state index in [1.807, 2.05) is 35.2 Å². The van der Waals surface area contributed by atoms with E-state index in [4.69, 9.17) is 0 Å². The van der Waals surface area contributed by atoms with Gasteiger partial charge in [-0.2, -0.15) is 0 Å². The van der Waals surface area contributed by atoms with E-state index in [9.17, 15) is 9.90 Å². The van der Waals surface area contributed by atoms with Gasteiger partial charge in [-0.05, 0) is 36.7 Å². The molecule has 1 atom stereocenters. The fourth-order valence-corrected chi connectivity index (χ4v) is 3.94. The van der Waals surface area contributed by atoms with Gasteiger partial charge >= 0.3 is 0 Å².